The molecule has 0 aliphatic heterocycles. The Labute approximate surface area is 132 Å². The van der Waals surface area contributed by atoms with Gasteiger partial charge in [0.25, 0.3) is 0 Å². The van der Waals surface area contributed by atoms with Crippen LogP contribution in [0.4, 0.5) is 0 Å². The molecule has 0 spiro atoms. The lowest BCUT2D eigenvalue weighted by Gasteiger charge is -2.21. The minimum absolute atomic E-state index is 0.985. The summed E-state index contributed by atoms with van der Waals surface area (Å²) in [7, 11) is 0. The second kappa shape index (κ2) is 15.8. The molecular weight excluding hydrogens is 306 g/mol. The van der Waals surface area contributed by atoms with Crippen LogP contribution in [-0.4, -0.2) is 64.8 Å². The molecule has 0 aromatic rings. The second-order valence-electron chi connectivity index (χ2n) is 3.59. The summed E-state index contributed by atoms with van der Waals surface area (Å²) in [6.07, 6.45) is 1.19. The van der Waals surface area contributed by atoms with Crippen LogP contribution in [0.15, 0.2) is 0 Å². The van der Waals surface area contributed by atoms with Crippen molar-refractivity contribution < 1.29 is 0 Å². The highest BCUT2D eigenvalue weighted by Gasteiger charge is 2.04. The Balaban J connectivity index is 3.56. The van der Waals surface area contributed by atoms with Gasteiger partial charge in [0.2, 0.25) is 0 Å². The first-order valence-electron chi connectivity index (χ1n) is 6.05. The van der Waals surface area contributed by atoms with Crippen LogP contribution in [0.25, 0.3) is 0 Å². The fourth-order valence-corrected chi connectivity index (χ4v) is 3.71. The molecule has 0 amide bonds. The second-order valence-corrected chi connectivity index (χ2v) is 7.38. The Morgan fingerprint density at radius 3 is 1.59 bits per heavy atom. The van der Waals surface area contributed by atoms with Gasteiger partial charge < -0.3 is 4.90 Å². The molecule has 0 saturated carbocycles. The van der Waals surface area contributed by atoms with E-state index in [0.717, 1.165) is 28.8 Å². The molecular formula is C11H25NS5. The maximum Gasteiger partial charge on any atom is 0.00727 e. The van der Waals surface area contributed by atoms with Gasteiger partial charge in [-0.15, -0.1) is 0 Å². The van der Waals surface area contributed by atoms with E-state index in [1.165, 1.54) is 37.6 Å². The van der Waals surface area contributed by atoms with Crippen molar-refractivity contribution in [2.75, 3.05) is 59.9 Å². The van der Waals surface area contributed by atoms with Gasteiger partial charge in [-0.2, -0.15) is 61.4 Å². The van der Waals surface area contributed by atoms with E-state index in [9.17, 15) is 0 Å². The molecule has 0 saturated heterocycles. The van der Waals surface area contributed by atoms with Crippen molar-refractivity contribution in [1.82, 2.24) is 4.90 Å². The van der Waals surface area contributed by atoms with E-state index >= 15 is 0 Å². The molecule has 17 heavy (non-hydrogen) atoms. The number of nitrogens with zero attached hydrogens (tertiary/aromatic N) is 1. The highest BCUT2D eigenvalue weighted by Crippen LogP contribution is 2.06. The average molecular weight is 332 g/mol. The largest absolute Gasteiger partial charge is 0.302 e. The van der Waals surface area contributed by atoms with Crippen LogP contribution < -0.4 is 0 Å². The highest BCUT2D eigenvalue weighted by atomic mass is 32.2. The molecule has 0 atom stereocenters. The van der Waals surface area contributed by atoms with Crippen LogP contribution in [0.3, 0.4) is 0 Å². The Hall–Kier alpha value is 1.71. The first kappa shape index (κ1) is 18.7. The maximum atomic E-state index is 4.29. The minimum Gasteiger partial charge on any atom is -0.302 e. The Bertz CT molecular complexity index is 136. The smallest absolute Gasteiger partial charge is 0.00727 e. The lowest BCUT2D eigenvalue weighted by atomic mass is 10.4. The molecule has 0 aromatic heterocycles. The van der Waals surface area contributed by atoms with E-state index in [1.54, 1.807) is 0 Å². The summed E-state index contributed by atoms with van der Waals surface area (Å²) in [5, 5.41) is 0. The number of hydrogen-bond donors (Lipinski definition) is 3. The van der Waals surface area contributed by atoms with Crippen LogP contribution in [0, 0.1) is 0 Å². The molecule has 0 heterocycles. The van der Waals surface area contributed by atoms with Gasteiger partial charge in [0.05, 0.1) is 0 Å². The molecule has 0 aliphatic rings. The number of rotatable bonds is 13. The summed E-state index contributed by atoms with van der Waals surface area (Å²) < 4.78 is 0. The predicted molar refractivity (Wildman–Crippen MR) is 97.3 cm³/mol. The molecule has 0 radical (unpaired) electrons. The third-order valence-corrected chi connectivity index (χ3v) is 5.50. The molecule has 1 nitrogen and oxygen atoms in total. The lowest BCUT2D eigenvalue weighted by molar-refractivity contribution is 0.311. The molecule has 0 bridgehead atoms. The van der Waals surface area contributed by atoms with Gasteiger partial charge in [0.15, 0.2) is 0 Å². The van der Waals surface area contributed by atoms with E-state index in [1.807, 2.05) is 23.5 Å². The maximum absolute atomic E-state index is 4.29. The zero-order chi connectivity index (χ0) is 12.8. The zero-order valence-electron chi connectivity index (χ0n) is 10.4. The SMILES string of the molecule is SCCCN(CCSCCS)CCSCCS. The fraction of sp³-hybridized carbons (Fsp3) is 1.00. The quantitative estimate of drug-likeness (QED) is 0.352. The standard InChI is InChI=1S/C11H25NS5/c13-5-1-2-12(3-8-16-10-6-14)4-9-17-11-7-15/h13-15H,1-11H2. The summed E-state index contributed by atoms with van der Waals surface area (Å²) in [5.41, 5.74) is 0. The summed E-state index contributed by atoms with van der Waals surface area (Å²) in [4.78, 5) is 2.56. The van der Waals surface area contributed by atoms with Crippen molar-refractivity contribution in [1.29, 1.82) is 0 Å². The number of thioether (sulfide) groups is 2. The Kier molecular flexibility index (Phi) is 17.4. The van der Waals surface area contributed by atoms with Crippen LogP contribution >= 0.6 is 61.4 Å². The Morgan fingerprint density at radius 1 is 0.647 bits per heavy atom. The van der Waals surface area contributed by atoms with Gasteiger partial charge in [0.1, 0.15) is 0 Å². The summed E-state index contributed by atoms with van der Waals surface area (Å²) in [6, 6.07) is 0. The molecule has 0 aliphatic carbocycles. The van der Waals surface area contributed by atoms with Crippen molar-refractivity contribution in [3.8, 4) is 0 Å². The van der Waals surface area contributed by atoms with Crippen molar-refractivity contribution in [3.63, 3.8) is 0 Å². The monoisotopic (exact) mass is 331 g/mol. The van der Waals surface area contributed by atoms with Crippen molar-refractivity contribution in [3.05, 3.63) is 0 Å². The predicted octanol–water partition coefficient (Wildman–Crippen LogP) is 2.93. The lowest BCUT2D eigenvalue weighted by Crippen LogP contribution is -2.30. The minimum atomic E-state index is 0.985. The van der Waals surface area contributed by atoms with Crippen LogP contribution in [0.2, 0.25) is 0 Å². The van der Waals surface area contributed by atoms with E-state index in [2.05, 4.69) is 42.8 Å². The Morgan fingerprint density at radius 2 is 1.18 bits per heavy atom. The molecule has 0 rings (SSSR count). The molecule has 6 heteroatoms. The van der Waals surface area contributed by atoms with Crippen molar-refractivity contribution in [2.45, 2.75) is 6.42 Å². The number of hydrogen-bond acceptors (Lipinski definition) is 6. The van der Waals surface area contributed by atoms with Gasteiger partial charge in [0, 0.05) is 36.1 Å². The highest BCUT2D eigenvalue weighted by molar-refractivity contribution is 8.00. The topological polar surface area (TPSA) is 3.24 Å². The third kappa shape index (κ3) is 13.9. The van der Waals surface area contributed by atoms with Gasteiger partial charge in [-0.05, 0) is 30.2 Å². The van der Waals surface area contributed by atoms with Gasteiger partial charge in [-0.3, -0.25) is 0 Å². The third-order valence-electron chi connectivity index (χ3n) is 2.21. The van der Waals surface area contributed by atoms with Crippen molar-refractivity contribution >= 4 is 61.4 Å². The fourth-order valence-electron chi connectivity index (χ4n) is 1.35. The first-order chi connectivity index (χ1) is 8.35. The van der Waals surface area contributed by atoms with Crippen LogP contribution in [0.1, 0.15) is 6.42 Å². The zero-order valence-corrected chi connectivity index (χ0v) is 14.7. The molecule has 104 valence electrons. The van der Waals surface area contributed by atoms with Crippen LogP contribution in [0.5, 0.6) is 0 Å². The summed E-state index contributed by atoms with van der Waals surface area (Å²) in [6.45, 7) is 3.59. The van der Waals surface area contributed by atoms with E-state index in [4.69, 9.17) is 0 Å². The van der Waals surface area contributed by atoms with E-state index in [0.29, 0.717) is 0 Å². The van der Waals surface area contributed by atoms with Crippen molar-refractivity contribution in [2.24, 2.45) is 0 Å². The summed E-state index contributed by atoms with van der Waals surface area (Å²) in [5.74, 6) is 7.74. The van der Waals surface area contributed by atoms with E-state index < -0.39 is 0 Å². The first-order valence-corrected chi connectivity index (χ1v) is 10.3. The number of thiol groups is 3. The summed E-state index contributed by atoms with van der Waals surface area (Å²) >= 11 is 16.7. The van der Waals surface area contributed by atoms with Gasteiger partial charge in [-0.25, -0.2) is 0 Å². The van der Waals surface area contributed by atoms with Gasteiger partial charge in [-0.1, -0.05) is 0 Å². The average Bonchev–Trinajstić information content (AvgIpc) is 2.35. The van der Waals surface area contributed by atoms with Gasteiger partial charge >= 0.3 is 0 Å². The molecule has 0 fully saturated rings. The normalized spacial score (nSPS) is 11.3. The molecule has 0 aromatic carbocycles. The molecule has 0 N–H and O–H groups in total. The van der Waals surface area contributed by atoms with E-state index in [-0.39, 0.29) is 0 Å². The van der Waals surface area contributed by atoms with Crippen LogP contribution in [-0.2, 0) is 0 Å². The molecule has 0 unspecified atom stereocenters.